The highest BCUT2D eigenvalue weighted by Crippen LogP contribution is 2.45. The van der Waals surface area contributed by atoms with Gasteiger partial charge in [-0.25, -0.2) is 4.39 Å². The SMILES string of the molecule is CCN(CCCC1(c2ccc(F)cc2)OCc2cc(C#N)ccc21)CC(C)c1c[nH]c2ccc(I)cc12. The van der Waals surface area contributed by atoms with Gasteiger partial charge in [0.2, 0.25) is 0 Å². The Balaban J connectivity index is 1.33. The van der Waals surface area contributed by atoms with Crippen molar-refractivity contribution >= 4 is 33.5 Å². The zero-order valence-corrected chi connectivity index (χ0v) is 23.4. The molecule has 4 aromatic rings. The van der Waals surface area contributed by atoms with Gasteiger partial charge in [-0.1, -0.05) is 32.0 Å². The predicted molar refractivity (Wildman–Crippen MR) is 154 cm³/mol. The van der Waals surface area contributed by atoms with Gasteiger partial charge in [0.05, 0.1) is 18.2 Å². The van der Waals surface area contributed by atoms with Crippen LogP contribution in [0.2, 0.25) is 0 Å². The molecular weight excluding hydrogens is 576 g/mol. The highest BCUT2D eigenvalue weighted by Gasteiger charge is 2.41. The van der Waals surface area contributed by atoms with Crippen LogP contribution < -0.4 is 0 Å². The van der Waals surface area contributed by atoms with Gasteiger partial charge < -0.3 is 14.6 Å². The van der Waals surface area contributed by atoms with Crippen molar-refractivity contribution in [2.45, 2.75) is 44.8 Å². The molecule has 4 nitrogen and oxygen atoms in total. The molecule has 6 heteroatoms. The van der Waals surface area contributed by atoms with Crippen LogP contribution in [-0.4, -0.2) is 29.5 Å². The van der Waals surface area contributed by atoms with E-state index in [1.807, 2.05) is 30.3 Å². The monoisotopic (exact) mass is 607 g/mol. The van der Waals surface area contributed by atoms with Crippen LogP contribution in [0.3, 0.4) is 0 Å². The van der Waals surface area contributed by atoms with Gasteiger partial charge in [0, 0.05) is 27.2 Å². The molecule has 0 saturated carbocycles. The summed E-state index contributed by atoms with van der Waals surface area (Å²) in [6.45, 7) is 7.85. The number of hydrogen-bond acceptors (Lipinski definition) is 3. The van der Waals surface area contributed by atoms with E-state index in [1.54, 1.807) is 0 Å². The Labute approximate surface area is 231 Å². The fraction of sp³-hybridized carbons (Fsp3) is 0.323. The van der Waals surface area contributed by atoms with Crippen LogP contribution in [0.15, 0.2) is 66.9 Å². The van der Waals surface area contributed by atoms with Crippen LogP contribution in [0.25, 0.3) is 10.9 Å². The van der Waals surface area contributed by atoms with Crippen molar-refractivity contribution in [3.63, 3.8) is 0 Å². The first-order chi connectivity index (χ1) is 17.9. The fourth-order valence-corrected chi connectivity index (χ4v) is 6.19. The number of fused-ring (bicyclic) bond motifs is 2. The summed E-state index contributed by atoms with van der Waals surface area (Å²) < 4.78 is 21.5. The molecule has 5 rings (SSSR count). The molecule has 2 atom stereocenters. The van der Waals surface area contributed by atoms with Gasteiger partial charge >= 0.3 is 0 Å². The third-order valence-corrected chi connectivity index (χ3v) is 8.31. The number of benzene rings is 3. The summed E-state index contributed by atoms with van der Waals surface area (Å²) in [5, 5.41) is 10.7. The Hall–Kier alpha value is -2.73. The third kappa shape index (κ3) is 5.18. The normalized spacial score (nSPS) is 17.7. The Morgan fingerprint density at radius 1 is 1.16 bits per heavy atom. The van der Waals surface area contributed by atoms with Crippen molar-refractivity contribution in [1.29, 1.82) is 5.26 Å². The summed E-state index contributed by atoms with van der Waals surface area (Å²) >= 11 is 2.37. The molecule has 2 heterocycles. The third-order valence-electron chi connectivity index (χ3n) is 7.64. The Kier molecular flexibility index (Phi) is 7.66. The first-order valence-corrected chi connectivity index (χ1v) is 13.9. The number of rotatable bonds is 9. The fourth-order valence-electron chi connectivity index (χ4n) is 5.70. The molecule has 0 spiro atoms. The standard InChI is InChI=1S/C31H31FIN3O/c1-3-36(19-21(2)28-18-35-30-12-10-26(33)16-27(28)30)14-4-13-31(24-6-8-25(32)9-7-24)29-11-5-22(17-34)15-23(29)20-37-31/h5-12,15-16,18,21,35H,3-4,13-14,19-20H2,1-2H3. The van der Waals surface area contributed by atoms with Crippen molar-refractivity contribution in [2.75, 3.05) is 19.6 Å². The van der Waals surface area contributed by atoms with E-state index in [2.05, 4.69) is 76.8 Å². The number of nitrogens with zero attached hydrogens (tertiary/aromatic N) is 2. The molecule has 1 aliphatic heterocycles. The molecule has 0 amide bonds. The van der Waals surface area contributed by atoms with E-state index in [9.17, 15) is 9.65 Å². The largest absolute Gasteiger partial charge is 0.361 e. The highest BCUT2D eigenvalue weighted by molar-refractivity contribution is 14.1. The summed E-state index contributed by atoms with van der Waals surface area (Å²) in [5.74, 6) is 0.140. The topological polar surface area (TPSA) is 52.0 Å². The zero-order chi connectivity index (χ0) is 26.0. The molecule has 0 radical (unpaired) electrons. The van der Waals surface area contributed by atoms with E-state index in [0.717, 1.165) is 49.2 Å². The maximum atomic E-state index is 13.8. The van der Waals surface area contributed by atoms with E-state index >= 15 is 0 Å². The van der Waals surface area contributed by atoms with Crippen LogP contribution >= 0.6 is 22.6 Å². The predicted octanol–water partition coefficient (Wildman–Crippen LogP) is 7.46. The summed E-state index contributed by atoms with van der Waals surface area (Å²) in [5.41, 5.74) is 5.63. The Morgan fingerprint density at radius 2 is 1.97 bits per heavy atom. The number of H-pyrrole nitrogens is 1. The maximum Gasteiger partial charge on any atom is 0.123 e. The second kappa shape index (κ2) is 10.9. The van der Waals surface area contributed by atoms with Crippen LogP contribution in [-0.2, 0) is 16.9 Å². The molecule has 1 aliphatic rings. The zero-order valence-electron chi connectivity index (χ0n) is 21.2. The van der Waals surface area contributed by atoms with Gasteiger partial charge in [-0.3, -0.25) is 0 Å². The summed E-state index contributed by atoms with van der Waals surface area (Å²) in [7, 11) is 0. The lowest BCUT2D eigenvalue weighted by Gasteiger charge is -2.32. The molecule has 2 unspecified atom stereocenters. The minimum atomic E-state index is -0.629. The van der Waals surface area contributed by atoms with Gasteiger partial charge in [0.25, 0.3) is 0 Å². The number of ether oxygens (including phenoxy) is 1. The molecule has 0 bridgehead atoms. The number of nitriles is 1. The molecule has 0 aliphatic carbocycles. The quantitative estimate of drug-likeness (QED) is 0.201. The van der Waals surface area contributed by atoms with E-state index in [1.165, 1.54) is 32.2 Å². The Morgan fingerprint density at radius 3 is 2.73 bits per heavy atom. The van der Waals surface area contributed by atoms with Crippen LogP contribution in [0.4, 0.5) is 4.39 Å². The minimum Gasteiger partial charge on any atom is -0.361 e. The number of aromatic nitrogens is 1. The minimum absolute atomic E-state index is 0.255. The molecule has 1 N–H and O–H groups in total. The van der Waals surface area contributed by atoms with Crippen LogP contribution in [0, 0.1) is 20.7 Å². The number of aromatic amines is 1. The lowest BCUT2D eigenvalue weighted by Crippen LogP contribution is -2.32. The first kappa shape index (κ1) is 25.9. The summed E-state index contributed by atoms with van der Waals surface area (Å²) in [6, 6.07) is 21.2. The van der Waals surface area contributed by atoms with Gasteiger partial charge in [0.1, 0.15) is 11.4 Å². The number of likely N-dealkylation sites (N-methyl/N-ethyl adjacent to an activating group) is 1. The van der Waals surface area contributed by atoms with Crippen LogP contribution in [0.1, 0.15) is 60.4 Å². The number of hydrogen-bond donors (Lipinski definition) is 1. The molecule has 0 saturated heterocycles. The van der Waals surface area contributed by atoms with E-state index in [-0.39, 0.29) is 5.82 Å². The molecule has 0 fully saturated rings. The van der Waals surface area contributed by atoms with Gasteiger partial charge in [0.15, 0.2) is 0 Å². The molecule has 3 aromatic carbocycles. The van der Waals surface area contributed by atoms with Crippen molar-refractivity contribution < 1.29 is 9.13 Å². The number of nitrogens with one attached hydrogen (secondary N) is 1. The van der Waals surface area contributed by atoms with Crippen molar-refractivity contribution in [2.24, 2.45) is 0 Å². The van der Waals surface area contributed by atoms with E-state index in [4.69, 9.17) is 4.74 Å². The molecule has 37 heavy (non-hydrogen) atoms. The number of halogens is 2. The average molecular weight is 608 g/mol. The second-order valence-corrected chi connectivity index (χ2v) is 11.2. The summed E-state index contributed by atoms with van der Waals surface area (Å²) in [6.07, 6.45) is 3.87. The van der Waals surface area contributed by atoms with Crippen LogP contribution in [0.5, 0.6) is 0 Å². The van der Waals surface area contributed by atoms with Gasteiger partial charge in [-0.15, -0.1) is 0 Å². The van der Waals surface area contributed by atoms with Crippen molar-refractivity contribution in [3.05, 3.63) is 104 Å². The van der Waals surface area contributed by atoms with E-state index < -0.39 is 5.60 Å². The maximum absolute atomic E-state index is 13.8. The van der Waals surface area contributed by atoms with E-state index in [0.29, 0.717) is 18.1 Å². The van der Waals surface area contributed by atoms with Gasteiger partial charge in [-0.05, 0) is 119 Å². The molecular formula is C31H31FIN3O. The Bertz CT molecular complexity index is 1440. The average Bonchev–Trinajstić information content (AvgIpc) is 3.50. The second-order valence-electron chi connectivity index (χ2n) is 9.94. The highest BCUT2D eigenvalue weighted by atomic mass is 127. The molecule has 190 valence electrons. The lowest BCUT2D eigenvalue weighted by molar-refractivity contribution is -0.0146. The van der Waals surface area contributed by atoms with Crippen molar-refractivity contribution in [3.8, 4) is 6.07 Å². The lowest BCUT2D eigenvalue weighted by atomic mass is 9.81. The molecule has 1 aromatic heterocycles. The smallest absolute Gasteiger partial charge is 0.123 e. The first-order valence-electron chi connectivity index (χ1n) is 12.9. The van der Waals surface area contributed by atoms with Gasteiger partial charge in [-0.2, -0.15) is 5.26 Å². The van der Waals surface area contributed by atoms with Crippen molar-refractivity contribution in [1.82, 2.24) is 9.88 Å². The summed E-state index contributed by atoms with van der Waals surface area (Å²) in [4.78, 5) is 5.93.